The largest absolute Gasteiger partial charge is 0.481 e. The van der Waals surface area contributed by atoms with Crippen LogP contribution >= 0.6 is 0 Å². The Hall–Kier alpha value is -1.10. The summed E-state index contributed by atoms with van der Waals surface area (Å²) >= 11 is 0. The Morgan fingerprint density at radius 2 is 1.80 bits per heavy atom. The average molecular weight is 212 g/mol. The van der Waals surface area contributed by atoms with Gasteiger partial charge in [0.2, 0.25) is 5.91 Å². The maximum atomic E-state index is 11.6. The Morgan fingerprint density at radius 3 is 2.27 bits per heavy atom. The monoisotopic (exact) mass is 212 g/mol. The van der Waals surface area contributed by atoms with E-state index in [0.717, 1.165) is 12.8 Å². The molecule has 2 unspecified atom stereocenters. The van der Waals surface area contributed by atoms with Gasteiger partial charge in [0.1, 0.15) is 6.42 Å². The first kappa shape index (κ1) is 10.4. The van der Waals surface area contributed by atoms with Crippen LogP contribution in [0.3, 0.4) is 0 Å². The maximum Gasteiger partial charge on any atom is 0.312 e. The number of likely N-dealkylation sites (tertiary alicyclic amines) is 1. The Morgan fingerprint density at radius 1 is 1.27 bits per heavy atom. The zero-order chi connectivity index (χ0) is 11.0. The van der Waals surface area contributed by atoms with E-state index in [1.54, 1.807) is 4.90 Å². The average Bonchev–Trinajstić information content (AvgIpc) is 2.38. The molecular weight excluding hydrogens is 196 g/mol. The zero-order valence-corrected chi connectivity index (χ0v) is 8.85. The van der Waals surface area contributed by atoms with E-state index in [-0.39, 0.29) is 12.3 Å². The number of piperazine rings is 1. The molecule has 0 aromatic rings. The van der Waals surface area contributed by atoms with Crippen LogP contribution in [0, 0.1) is 0 Å². The van der Waals surface area contributed by atoms with Gasteiger partial charge >= 0.3 is 5.97 Å². The number of likely N-dealkylation sites (N-methyl/N-ethyl adjacent to an activating group) is 1. The molecule has 2 aliphatic heterocycles. The summed E-state index contributed by atoms with van der Waals surface area (Å²) in [5.74, 6) is -1.28. The van der Waals surface area contributed by atoms with Crippen molar-refractivity contribution >= 4 is 11.9 Å². The summed E-state index contributed by atoms with van der Waals surface area (Å²) in [7, 11) is 2.08. The number of hydrogen-bond acceptors (Lipinski definition) is 3. The van der Waals surface area contributed by atoms with E-state index in [1.165, 1.54) is 0 Å². The van der Waals surface area contributed by atoms with Crippen molar-refractivity contribution in [1.82, 2.24) is 9.80 Å². The first-order chi connectivity index (χ1) is 7.08. The molecule has 84 valence electrons. The van der Waals surface area contributed by atoms with E-state index < -0.39 is 5.97 Å². The highest BCUT2D eigenvalue weighted by Gasteiger charge is 2.39. The molecule has 0 aromatic heterocycles. The SMILES string of the molecule is CN1C2CCC1CN(C(=O)CC(=O)O)C2. The van der Waals surface area contributed by atoms with Crippen molar-refractivity contribution in [3.8, 4) is 0 Å². The van der Waals surface area contributed by atoms with E-state index in [9.17, 15) is 9.59 Å². The molecule has 2 atom stereocenters. The molecule has 15 heavy (non-hydrogen) atoms. The van der Waals surface area contributed by atoms with E-state index in [0.29, 0.717) is 25.2 Å². The Labute approximate surface area is 88.6 Å². The standard InChI is InChI=1S/C10H16N2O3/c1-11-7-2-3-8(11)6-12(5-7)9(13)4-10(14)15/h7-8H,2-6H2,1H3,(H,14,15). The normalized spacial score (nSPS) is 30.6. The van der Waals surface area contributed by atoms with Crippen LogP contribution in [-0.2, 0) is 9.59 Å². The fourth-order valence-electron chi connectivity index (χ4n) is 2.56. The Kier molecular flexibility index (Phi) is 2.65. The topological polar surface area (TPSA) is 60.9 Å². The minimum Gasteiger partial charge on any atom is -0.481 e. The molecule has 0 radical (unpaired) electrons. The zero-order valence-electron chi connectivity index (χ0n) is 8.85. The molecule has 0 aliphatic carbocycles. The lowest BCUT2D eigenvalue weighted by atomic mass is 10.2. The van der Waals surface area contributed by atoms with Crippen molar-refractivity contribution in [2.24, 2.45) is 0 Å². The number of carboxylic acids is 1. The van der Waals surface area contributed by atoms with Crippen LogP contribution in [0.5, 0.6) is 0 Å². The van der Waals surface area contributed by atoms with Crippen molar-refractivity contribution in [3.05, 3.63) is 0 Å². The summed E-state index contributed by atoms with van der Waals surface area (Å²) in [5, 5.41) is 8.56. The number of nitrogens with zero attached hydrogens (tertiary/aromatic N) is 2. The number of fused-ring (bicyclic) bond motifs is 2. The van der Waals surface area contributed by atoms with Crippen molar-refractivity contribution in [2.45, 2.75) is 31.3 Å². The van der Waals surface area contributed by atoms with Crippen LogP contribution in [0.2, 0.25) is 0 Å². The van der Waals surface area contributed by atoms with Gasteiger partial charge in [-0.1, -0.05) is 0 Å². The molecule has 0 aromatic carbocycles. The van der Waals surface area contributed by atoms with Crippen LogP contribution in [0.1, 0.15) is 19.3 Å². The molecule has 5 nitrogen and oxygen atoms in total. The molecule has 2 heterocycles. The smallest absolute Gasteiger partial charge is 0.312 e. The van der Waals surface area contributed by atoms with Crippen molar-refractivity contribution in [3.63, 3.8) is 0 Å². The highest BCUT2D eigenvalue weighted by Crippen LogP contribution is 2.28. The maximum absolute atomic E-state index is 11.6. The molecule has 2 bridgehead atoms. The molecule has 0 spiro atoms. The third-order valence-electron chi connectivity index (χ3n) is 3.50. The van der Waals surface area contributed by atoms with Crippen LogP contribution in [0.25, 0.3) is 0 Å². The third kappa shape index (κ3) is 1.97. The van der Waals surface area contributed by atoms with Crippen LogP contribution in [0.4, 0.5) is 0 Å². The van der Waals surface area contributed by atoms with Gasteiger partial charge in [0.05, 0.1) is 0 Å². The van der Waals surface area contributed by atoms with Gasteiger partial charge in [-0.15, -0.1) is 0 Å². The summed E-state index contributed by atoms with van der Waals surface area (Å²) < 4.78 is 0. The fourth-order valence-corrected chi connectivity index (χ4v) is 2.56. The quantitative estimate of drug-likeness (QED) is 0.642. The summed E-state index contributed by atoms with van der Waals surface area (Å²) in [5.41, 5.74) is 0. The molecule has 0 saturated carbocycles. The van der Waals surface area contributed by atoms with Crippen LogP contribution < -0.4 is 0 Å². The molecular formula is C10H16N2O3. The van der Waals surface area contributed by atoms with Gasteiger partial charge in [0.25, 0.3) is 0 Å². The molecule has 5 heteroatoms. The van der Waals surface area contributed by atoms with E-state index in [2.05, 4.69) is 11.9 Å². The first-order valence-corrected chi connectivity index (χ1v) is 5.29. The van der Waals surface area contributed by atoms with Gasteiger partial charge in [-0.05, 0) is 19.9 Å². The van der Waals surface area contributed by atoms with Gasteiger partial charge in [-0.25, -0.2) is 0 Å². The summed E-state index contributed by atoms with van der Waals surface area (Å²) in [6.45, 7) is 1.39. The number of hydrogen-bond donors (Lipinski definition) is 1. The summed E-state index contributed by atoms with van der Waals surface area (Å²) in [4.78, 5) is 26.0. The number of aliphatic carboxylic acids is 1. The highest BCUT2D eigenvalue weighted by atomic mass is 16.4. The summed E-state index contributed by atoms with van der Waals surface area (Å²) in [6.07, 6.45) is 1.87. The number of amides is 1. The second-order valence-electron chi connectivity index (χ2n) is 4.42. The molecule has 2 aliphatic rings. The second-order valence-corrected chi connectivity index (χ2v) is 4.42. The lowest BCUT2D eigenvalue weighted by molar-refractivity contribution is -0.145. The van der Waals surface area contributed by atoms with Crippen molar-refractivity contribution in [2.75, 3.05) is 20.1 Å². The van der Waals surface area contributed by atoms with Crippen LogP contribution in [-0.4, -0.2) is 59.0 Å². The van der Waals surface area contributed by atoms with Crippen molar-refractivity contribution < 1.29 is 14.7 Å². The molecule has 2 saturated heterocycles. The lowest BCUT2D eigenvalue weighted by Gasteiger charge is -2.38. The fraction of sp³-hybridized carbons (Fsp3) is 0.800. The Bertz CT molecular complexity index is 278. The number of rotatable bonds is 2. The predicted molar refractivity (Wildman–Crippen MR) is 53.4 cm³/mol. The third-order valence-corrected chi connectivity index (χ3v) is 3.50. The van der Waals surface area contributed by atoms with Gasteiger partial charge in [-0.2, -0.15) is 0 Å². The van der Waals surface area contributed by atoms with Gasteiger partial charge in [0.15, 0.2) is 0 Å². The van der Waals surface area contributed by atoms with E-state index >= 15 is 0 Å². The van der Waals surface area contributed by atoms with E-state index in [4.69, 9.17) is 5.11 Å². The molecule has 2 fully saturated rings. The molecule has 1 amide bonds. The highest BCUT2D eigenvalue weighted by molar-refractivity contribution is 5.93. The minimum atomic E-state index is -1.04. The van der Waals surface area contributed by atoms with Crippen LogP contribution in [0.15, 0.2) is 0 Å². The molecule has 2 rings (SSSR count). The first-order valence-electron chi connectivity index (χ1n) is 5.29. The summed E-state index contributed by atoms with van der Waals surface area (Å²) in [6, 6.07) is 0.864. The number of carboxylic acid groups (broad SMARTS) is 1. The van der Waals surface area contributed by atoms with Crippen molar-refractivity contribution in [1.29, 1.82) is 0 Å². The van der Waals surface area contributed by atoms with Gasteiger partial charge in [0, 0.05) is 25.2 Å². The number of carbonyl (C=O) groups excluding carboxylic acids is 1. The predicted octanol–water partition coefficient (Wildman–Crippen LogP) is -0.234. The Balaban J connectivity index is 1.96. The lowest BCUT2D eigenvalue weighted by Crippen LogP contribution is -2.53. The van der Waals surface area contributed by atoms with Gasteiger partial charge in [-0.3, -0.25) is 14.5 Å². The van der Waals surface area contributed by atoms with E-state index in [1.807, 2.05) is 0 Å². The number of carbonyl (C=O) groups is 2. The van der Waals surface area contributed by atoms with Gasteiger partial charge < -0.3 is 10.0 Å². The minimum absolute atomic E-state index is 0.243. The second kappa shape index (κ2) is 3.81. The molecule has 1 N–H and O–H groups in total.